The molecular weight excluding hydrogens is 1030 g/mol. The molecule has 26 nitrogen and oxygen atoms in total. The zero-order chi connectivity index (χ0) is 58.2. The Morgan fingerprint density at radius 3 is 1.04 bits per heavy atom. The lowest BCUT2D eigenvalue weighted by molar-refractivity contribution is -0.141. The molecule has 0 radical (unpaired) electrons. The number of hydrogen-bond acceptors (Lipinski definition) is 16. The zero-order valence-electron chi connectivity index (χ0n) is 42.8. The van der Waals surface area contributed by atoms with Gasteiger partial charge in [0.2, 0.25) is 47.3 Å². The van der Waals surface area contributed by atoms with Crippen molar-refractivity contribution in [1.29, 1.82) is 0 Å². The molecule has 2 aromatic rings. The predicted octanol–water partition coefficient (Wildman–Crippen LogP) is -1.55. The third-order valence-electron chi connectivity index (χ3n) is 11.1. The van der Waals surface area contributed by atoms with Crippen LogP contribution in [-0.2, 0) is 67.4 Å². The van der Waals surface area contributed by atoms with Crippen LogP contribution in [0.4, 0.5) is 0 Å². The molecule has 77 heavy (non-hydrogen) atoms. The number of carbonyl (C=O) groups excluding carboxylic acids is 10. The van der Waals surface area contributed by atoms with Crippen molar-refractivity contribution in [3.63, 3.8) is 0 Å². The Morgan fingerprint density at radius 1 is 0.468 bits per heavy atom. The Kier molecular flexibility index (Phi) is 26.7. The number of hydrogen-bond donors (Lipinski definition) is 12. The first kappa shape index (κ1) is 64.9. The van der Waals surface area contributed by atoms with Crippen LogP contribution in [0, 0.1) is 11.8 Å². The van der Waals surface area contributed by atoms with Crippen molar-refractivity contribution in [2.45, 2.75) is 127 Å². The molecule has 0 heterocycles. The summed E-state index contributed by atoms with van der Waals surface area (Å²) in [6.07, 6.45) is -2.22. The van der Waals surface area contributed by atoms with Gasteiger partial charge in [-0.2, -0.15) is 0 Å². The zero-order valence-corrected chi connectivity index (χ0v) is 43.7. The number of rotatable bonds is 36. The van der Waals surface area contributed by atoms with E-state index in [0.717, 1.165) is 0 Å². The number of sulfone groups is 1. The largest absolute Gasteiger partial charge is 0.480 e. The smallest absolute Gasteiger partial charge is 0.325 e. The summed E-state index contributed by atoms with van der Waals surface area (Å²) >= 11 is 0. The molecule has 0 bridgehead atoms. The quantitative estimate of drug-likeness (QED) is 0.0344. The maximum atomic E-state index is 13.7. The highest BCUT2D eigenvalue weighted by Crippen LogP contribution is 2.18. The van der Waals surface area contributed by atoms with E-state index in [4.69, 9.17) is 22.9 Å². The molecule has 2 rings (SSSR count). The minimum Gasteiger partial charge on any atom is -0.480 e. The van der Waals surface area contributed by atoms with Crippen molar-refractivity contribution in [2.75, 3.05) is 0 Å². The van der Waals surface area contributed by atoms with Crippen LogP contribution in [0.2, 0.25) is 0 Å². The van der Waals surface area contributed by atoms with E-state index in [1.165, 1.54) is 24.3 Å². The number of nitrogens with one attached hydrogen (secondary N) is 6. The highest BCUT2D eigenvalue weighted by Gasteiger charge is 2.35. The maximum absolute atomic E-state index is 13.7. The molecule has 0 spiro atoms. The van der Waals surface area contributed by atoms with Crippen LogP contribution in [0.5, 0.6) is 0 Å². The monoisotopic (exact) mass is 1100 g/mol. The Hall–Kier alpha value is -8.17. The average Bonchev–Trinajstić information content (AvgIpc) is 3.33. The molecule has 8 amide bonds. The summed E-state index contributed by atoms with van der Waals surface area (Å²) in [4.78, 5) is 154. The van der Waals surface area contributed by atoms with Crippen molar-refractivity contribution in [3.8, 4) is 0 Å². The molecule has 0 aliphatic rings. The maximum Gasteiger partial charge on any atom is 0.325 e. The number of primary amides is 4. The Bertz CT molecular complexity index is 2460. The van der Waals surface area contributed by atoms with Gasteiger partial charge < -0.3 is 54.4 Å². The van der Waals surface area contributed by atoms with Crippen LogP contribution < -0.4 is 54.8 Å². The van der Waals surface area contributed by atoms with Gasteiger partial charge in [0, 0.05) is 23.7 Å². The number of ketones is 2. The van der Waals surface area contributed by atoms with Crippen LogP contribution in [0.25, 0.3) is 0 Å². The number of aliphatic carboxylic acids is 2. The van der Waals surface area contributed by atoms with E-state index < -0.39 is 155 Å². The fourth-order valence-electron chi connectivity index (χ4n) is 7.41. The lowest BCUT2D eigenvalue weighted by atomic mass is 9.99. The molecule has 0 aromatic heterocycles. The SMILES string of the molecule is CC(C)C[C@H](NC(=O)[C@H](CC(N)=O)NC(=O)[C@H](CCC(N)=O)NC(C(=O)O)c1ccccc1)C(=O)C=CS(=O)(=O)C=CC(=O)[C@H](CC(C)C)NC(=O)[C@H](CC(N)=O)NC(=O)[C@H](CCC(N)=O)NC(C(=O)O)c1ccccc1. The first-order valence-electron chi connectivity index (χ1n) is 24.1. The molecule has 27 heteroatoms. The molecule has 0 aliphatic heterocycles. The summed E-state index contributed by atoms with van der Waals surface area (Å²) in [7, 11) is -4.59. The second-order valence-corrected chi connectivity index (χ2v) is 20.4. The van der Waals surface area contributed by atoms with Crippen LogP contribution in [-0.4, -0.2) is 126 Å². The number of benzene rings is 2. The van der Waals surface area contributed by atoms with E-state index >= 15 is 0 Å². The van der Waals surface area contributed by atoms with Gasteiger partial charge in [0.05, 0.1) is 37.0 Å². The molecule has 0 saturated heterocycles. The summed E-state index contributed by atoms with van der Waals surface area (Å²) < 4.78 is 26.4. The first-order valence-corrected chi connectivity index (χ1v) is 25.7. The Morgan fingerprint density at radius 2 is 0.766 bits per heavy atom. The molecule has 420 valence electrons. The van der Waals surface area contributed by atoms with E-state index in [1.807, 2.05) is 0 Å². The van der Waals surface area contributed by atoms with Gasteiger partial charge in [-0.25, -0.2) is 8.42 Å². The second kappa shape index (κ2) is 31.7. The van der Waals surface area contributed by atoms with Gasteiger partial charge in [0.15, 0.2) is 21.4 Å². The molecule has 0 saturated carbocycles. The standard InChI is InChI=1S/C50H68N10O16S/c1-27(2)23-33(57-47(69)35(25-41(53)65)59-45(67)31(15-17-39(51)63)55-43(49(71)72)29-11-7-5-8-12-29)37(61)19-21-77(75,76)22-20-38(62)34(24-28(3)4)58-48(70)36(26-42(54)66)60-46(68)32(16-18-40(52)64)56-44(50(73)74)30-13-9-6-10-14-30/h5-14,19-22,27-28,31-36,43-44,55-56H,15-18,23-26H2,1-4H3,(H2,51,63)(H2,52,64)(H2,53,65)(H2,54,66)(H,57,69)(H,58,70)(H,59,67)(H,60,68)(H,71,72)(H,73,74)/t31-,32-,33-,34-,35-,36-,43?,44?/m0/s1. The van der Waals surface area contributed by atoms with Crippen LogP contribution >= 0.6 is 0 Å². The van der Waals surface area contributed by atoms with Gasteiger partial charge in [-0.05, 0) is 60.8 Å². The fourth-order valence-corrected chi connectivity index (χ4v) is 8.15. The predicted molar refractivity (Wildman–Crippen MR) is 276 cm³/mol. The fraction of sp³-hybridized carbons (Fsp3) is 0.440. The normalized spacial score (nSPS) is 14.7. The minimum atomic E-state index is -4.59. The van der Waals surface area contributed by atoms with Crippen molar-refractivity contribution < 1.29 is 76.2 Å². The number of nitrogens with two attached hydrogens (primary N) is 4. The van der Waals surface area contributed by atoms with Crippen LogP contribution in [0.15, 0.2) is 83.6 Å². The van der Waals surface area contributed by atoms with Crippen molar-refractivity contribution in [3.05, 3.63) is 94.8 Å². The van der Waals surface area contributed by atoms with Gasteiger partial charge in [-0.1, -0.05) is 88.4 Å². The van der Waals surface area contributed by atoms with E-state index in [1.54, 1.807) is 64.1 Å². The molecule has 8 atom stereocenters. The van der Waals surface area contributed by atoms with E-state index in [-0.39, 0.29) is 48.6 Å². The first-order chi connectivity index (χ1) is 36.0. The van der Waals surface area contributed by atoms with E-state index in [9.17, 15) is 76.2 Å². The summed E-state index contributed by atoms with van der Waals surface area (Å²) in [6.45, 7) is 6.63. The molecular formula is C50H68N10O16S. The molecule has 0 aliphatic carbocycles. The van der Waals surface area contributed by atoms with Crippen molar-refractivity contribution in [1.82, 2.24) is 31.9 Å². The minimum absolute atomic E-state index is 0.116. The lowest BCUT2D eigenvalue weighted by Gasteiger charge is -2.26. The van der Waals surface area contributed by atoms with Gasteiger partial charge >= 0.3 is 11.9 Å². The Balaban J connectivity index is 2.35. The lowest BCUT2D eigenvalue weighted by Crippen LogP contribution is -2.56. The number of amides is 8. The van der Waals surface area contributed by atoms with E-state index in [2.05, 4.69) is 31.9 Å². The highest BCUT2D eigenvalue weighted by molar-refractivity contribution is 7.97. The highest BCUT2D eigenvalue weighted by atomic mass is 32.2. The number of carbonyl (C=O) groups is 12. The van der Waals surface area contributed by atoms with Gasteiger partial charge in [0.1, 0.15) is 24.2 Å². The average molecular weight is 1100 g/mol. The number of carboxylic acids is 2. The van der Waals surface area contributed by atoms with Crippen LogP contribution in [0.1, 0.15) is 102 Å². The Labute approximate surface area is 444 Å². The summed E-state index contributed by atoms with van der Waals surface area (Å²) in [5, 5.41) is 35.4. The summed E-state index contributed by atoms with van der Waals surface area (Å²) in [6, 6.07) is 2.84. The van der Waals surface area contributed by atoms with Gasteiger partial charge in [0.25, 0.3) is 0 Å². The van der Waals surface area contributed by atoms with Gasteiger partial charge in [-0.15, -0.1) is 0 Å². The third kappa shape index (κ3) is 24.4. The molecule has 2 unspecified atom stereocenters. The summed E-state index contributed by atoms with van der Waals surface area (Å²) in [5.41, 5.74) is 21.8. The molecule has 16 N–H and O–H groups in total. The summed E-state index contributed by atoms with van der Waals surface area (Å²) in [5.74, 6) is -13.7. The van der Waals surface area contributed by atoms with Gasteiger partial charge in [-0.3, -0.25) is 68.2 Å². The van der Waals surface area contributed by atoms with Crippen molar-refractivity contribution in [2.24, 2.45) is 34.8 Å². The topological polar surface area (TPSA) is 456 Å². The molecule has 2 aromatic carbocycles. The van der Waals surface area contributed by atoms with E-state index in [0.29, 0.717) is 23.0 Å². The second-order valence-electron chi connectivity index (χ2n) is 18.7. The third-order valence-corrected chi connectivity index (χ3v) is 12.2. The molecule has 0 fully saturated rings. The van der Waals surface area contributed by atoms with Crippen molar-refractivity contribution >= 4 is 80.6 Å². The van der Waals surface area contributed by atoms with Crippen LogP contribution in [0.3, 0.4) is 0 Å². The number of carboxylic acid groups (broad SMARTS) is 2.